The summed E-state index contributed by atoms with van der Waals surface area (Å²) in [6.45, 7) is 1.12. The number of rotatable bonds is 4. The molecule has 0 fully saturated rings. The van der Waals surface area contributed by atoms with Crippen molar-refractivity contribution in [3.63, 3.8) is 0 Å². The van der Waals surface area contributed by atoms with Crippen LogP contribution in [0.3, 0.4) is 0 Å². The second kappa shape index (κ2) is 5.14. The van der Waals surface area contributed by atoms with Crippen LogP contribution in [0.5, 0.6) is 5.75 Å². The maximum atomic E-state index is 5.96. The van der Waals surface area contributed by atoms with E-state index in [0.29, 0.717) is 18.4 Å². The van der Waals surface area contributed by atoms with Gasteiger partial charge in [0.1, 0.15) is 17.5 Å². The molecule has 3 nitrogen and oxygen atoms in total. The topological polar surface area (TPSA) is 31.4 Å². The molecule has 16 heavy (non-hydrogen) atoms. The summed E-state index contributed by atoms with van der Waals surface area (Å²) >= 11 is 5.96. The molecule has 0 amide bonds. The Hall–Kier alpha value is -1.32. The number of pyridine rings is 1. The van der Waals surface area contributed by atoms with Gasteiger partial charge in [-0.25, -0.2) is 4.98 Å². The van der Waals surface area contributed by atoms with Crippen molar-refractivity contribution in [1.29, 1.82) is 0 Å². The highest BCUT2D eigenvalue weighted by Crippen LogP contribution is 2.24. The second-order valence-corrected chi connectivity index (χ2v) is 3.68. The zero-order chi connectivity index (χ0) is 11.4. The number of hydrogen-bond acceptors (Lipinski definition) is 3. The average Bonchev–Trinajstić information content (AvgIpc) is 2.30. The van der Waals surface area contributed by atoms with Crippen molar-refractivity contribution in [2.24, 2.45) is 0 Å². The first kappa shape index (κ1) is 11.2. The minimum Gasteiger partial charge on any atom is -0.491 e. The van der Waals surface area contributed by atoms with Crippen LogP contribution in [0.15, 0.2) is 30.5 Å². The molecule has 0 aliphatic carbocycles. The lowest BCUT2D eigenvalue weighted by atomic mass is 10.2. The summed E-state index contributed by atoms with van der Waals surface area (Å²) in [6, 6.07) is 7.64. The number of ether oxygens (including phenoxy) is 2. The predicted molar refractivity (Wildman–Crippen MR) is 64.1 cm³/mol. The SMILES string of the molecule is COCCOc1ccc2c(Cl)nccc2c1. The number of hydrogen-bond donors (Lipinski definition) is 0. The molecule has 0 bridgehead atoms. The molecule has 4 heteroatoms. The summed E-state index contributed by atoms with van der Waals surface area (Å²) in [7, 11) is 1.65. The molecule has 0 atom stereocenters. The summed E-state index contributed by atoms with van der Waals surface area (Å²) in [5.74, 6) is 0.812. The fourth-order valence-electron chi connectivity index (χ4n) is 1.45. The molecule has 2 rings (SSSR count). The van der Waals surface area contributed by atoms with E-state index in [4.69, 9.17) is 21.1 Å². The van der Waals surface area contributed by atoms with Crippen LogP contribution in [0.4, 0.5) is 0 Å². The van der Waals surface area contributed by atoms with E-state index in [-0.39, 0.29) is 0 Å². The quantitative estimate of drug-likeness (QED) is 0.605. The van der Waals surface area contributed by atoms with E-state index in [9.17, 15) is 0 Å². The first-order valence-electron chi connectivity index (χ1n) is 4.97. The summed E-state index contributed by atoms with van der Waals surface area (Å²) < 4.78 is 10.4. The third kappa shape index (κ3) is 2.43. The van der Waals surface area contributed by atoms with Crippen molar-refractivity contribution < 1.29 is 9.47 Å². The predicted octanol–water partition coefficient (Wildman–Crippen LogP) is 2.91. The molecule has 0 spiro atoms. The van der Waals surface area contributed by atoms with Crippen molar-refractivity contribution in [3.8, 4) is 5.75 Å². The van der Waals surface area contributed by atoms with Gasteiger partial charge in [-0.1, -0.05) is 11.6 Å². The highest BCUT2D eigenvalue weighted by atomic mass is 35.5. The Morgan fingerprint density at radius 1 is 1.25 bits per heavy atom. The lowest BCUT2D eigenvalue weighted by Crippen LogP contribution is -2.03. The van der Waals surface area contributed by atoms with Crippen molar-refractivity contribution in [3.05, 3.63) is 35.6 Å². The van der Waals surface area contributed by atoms with Gasteiger partial charge < -0.3 is 9.47 Å². The van der Waals surface area contributed by atoms with Gasteiger partial charge >= 0.3 is 0 Å². The lowest BCUT2D eigenvalue weighted by molar-refractivity contribution is 0.146. The zero-order valence-electron chi connectivity index (χ0n) is 8.94. The van der Waals surface area contributed by atoms with E-state index >= 15 is 0 Å². The molecule has 2 aromatic rings. The summed E-state index contributed by atoms with van der Waals surface area (Å²) in [5, 5.41) is 2.47. The Kier molecular flexibility index (Phi) is 3.59. The van der Waals surface area contributed by atoms with Crippen molar-refractivity contribution >= 4 is 22.4 Å². The van der Waals surface area contributed by atoms with Crippen molar-refractivity contribution in [1.82, 2.24) is 4.98 Å². The van der Waals surface area contributed by atoms with Gasteiger partial charge in [0.25, 0.3) is 0 Å². The summed E-state index contributed by atoms with van der Waals surface area (Å²) in [6.07, 6.45) is 1.68. The summed E-state index contributed by atoms with van der Waals surface area (Å²) in [4.78, 5) is 4.02. The van der Waals surface area contributed by atoms with Crippen LogP contribution in [0, 0.1) is 0 Å². The van der Waals surface area contributed by atoms with Gasteiger partial charge in [-0.2, -0.15) is 0 Å². The smallest absolute Gasteiger partial charge is 0.136 e. The number of fused-ring (bicyclic) bond motifs is 1. The Bertz CT molecular complexity index is 487. The molecule has 0 aliphatic rings. The van der Waals surface area contributed by atoms with Crippen molar-refractivity contribution in [2.45, 2.75) is 0 Å². The van der Waals surface area contributed by atoms with Crippen LogP contribution < -0.4 is 4.74 Å². The molecule has 0 unspecified atom stereocenters. The van der Waals surface area contributed by atoms with Gasteiger partial charge in [0, 0.05) is 18.7 Å². The van der Waals surface area contributed by atoms with Crippen LogP contribution in [0.1, 0.15) is 0 Å². The van der Waals surface area contributed by atoms with Crippen LogP contribution in [0.2, 0.25) is 5.15 Å². The number of methoxy groups -OCH3 is 1. The molecular weight excluding hydrogens is 226 g/mol. The molecule has 0 saturated carbocycles. The molecule has 0 radical (unpaired) electrons. The largest absolute Gasteiger partial charge is 0.491 e. The number of nitrogens with zero attached hydrogens (tertiary/aromatic N) is 1. The first-order valence-corrected chi connectivity index (χ1v) is 5.35. The molecule has 0 N–H and O–H groups in total. The van der Waals surface area contributed by atoms with Crippen molar-refractivity contribution in [2.75, 3.05) is 20.3 Å². The maximum Gasteiger partial charge on any atom is 0.136 e. The third-order valence-corrected chi connectivity index (χ3v) is 2.54. The molecule has 1 aromatic heterocycles. The number of halogens is 1. The van der Waals surface area contributed by atoms with Crippen LogP contribution >= 0.6 is 11.6 Å². The first-order chi connectivity index (χ1) is 7.81. The Morgan fingerprint density at radius 3 is 2.94 bits per heavy atom. The monoisotopic (exact) mass is 237 g/mol. The molecule has 0 saturated heterocycles. The molecule has 84 valence electrons. The molecular formula is C12H12ClNO2. The van der Waals surface area contributed by atoms with Gasteiger partial charge in [-0.05, 0) is 29.7 Å². The van der Waals surface area contributed by atoms with Gasteiger partial charge in [-0.15, -0.1) is 0 Å². The Balaban J connectivity index is 2.23. The van der Waals surface area contributed by atoms with Crippen LogP contribution in [-0.2, 0) is 4.74 Å². The lowest BCUT2D eigenvalue weighted by Gasteiger charge is -2.06. The van der Waals surface area contributed by atoms with Gasteiger partial charge in [0.15, 0.2) is 0 Å². The van der Waals surface area contributed by atoms with Crippen LogP contribution in [0.25, 0.3) is 10.8 Å². The Labute approximate surface area is 99.0 Å². The van der Waals surface area contributed by atoms with Gasteiger partial charge in [0.2, 0.25) is 0 Å². The normalized spacial score (nSPS) is 10.6. The molecule has 1 aromatic carbocycles. The number of aromatic nitrogens is 1. The van der Waals surface area contributed by atoms with Gasteiger partial charge in [0.05, 0.1) is 6.61 Å². The fraction of sp³-hybridized carbons (Fsp3) is 0.250. The fourth-order valence-corrected chi connectivity index (χ4v) is 1.68. The summed E-state index contributed by atoms with van der Waals surface area (Å²) in [5.41, 5.74) is 0. The zero-order valence-corrected chi connectivity index (χ0v) is 9.70. The molecule has 0 aliphatic heterocycles. The van der Waals surface area contributed by atoms with E-state index < -0.39 is 0 Å². The average molecular weight is 238 g/mol. The van der Waals surface area contributed by atoms with E-state index in [1.807, 2.05) is 24.3 Å². The van der Waals surface area contributed by atoms with E-state index in [1.54, 1.807) is 13.3 Å². The van der Waals surface area contributed by atoms with E-state index in [2.05, 4.69) is 4.98 Å². The minimum atomic E-state index is 0.515. The van der Waals surface area contributed by atoms with E-state index in [1.165, 1.54) is 0 Å². The minimum absolute atomic E-state index is 0.515. The van der Waals surface area contributed by atoms with Gasteiger partial charge in [-0.3, -0.25) is 0 Å². The third-order valence-electron chi connectivity index (χ3n) is 2.24. The van der Waals surface area contributed by atoms with E-state index in [0.717, 1.165) is 16.5 Å². The highest BCUT2D eigenvalue weighted by molar-refractivity contribution is 6.34. The maximum absolute atomic E-state index is 5.96. The number of benzene rings is 1. The second-order valence-electron chi connectivity index (χ2n) is 3.33. The standard InChI is InChI=1S/C12H12ClNO2/c1-15-6-7-16-10-2-3-11-9(8-10)4-5-14-12(11)13/h2-5,8H,6-7H2,1H3. The highest BCUT2D eigenvalue weighted by Gasteiger charge is 2.01. The van der Waals surface area contributed by atoms with Crippen LogP contribution in [-0.4, -0.2) is 25.3 Å². The molecule has 1 heterocycles. The Morgan fingerprint density at radius 2 is 2.12 bits per heavy atom.